The molecule has 1 saturated heterocycles. The summed E-state index contributed by atoms with van der Waals surface area (Å²) in [5.74, 6) is 1.62. The lowest BCUT2D eigenvalue weighted by Crippen LogP contribution is -2.38. The van der Waals surface area contributed by atoms with Gasteiger partial charge in [-0.05, 0) is 18.6 Å². The molecule has 0 aromatic rings. The van der Waals surface area contributed by atoms with Gasteiger partial charge in [0.1, 0.15) is 0 Å². The summed E-state index contributed by atoms with van der Waals surface area (Å²) < 4.78 is 5.56. The van der Waals surface area contributed by atoms with Gasteiger partial charge in [0.25, 0.3) is 0 Å². The van der Waals surface area contributed by atoms with Gasteiger partial charge in [0, 0.05) is 25.4 Å². The van der Waals surface area contributed by atoms with E-state index in [1.165, 1.54) is 18.1 Å². The van der Waals surface area contributed by atoms with E-state index in [2.05, 4.69) is 11.8 Å². The van der Waals surface area contributed by atoms with Crippen LogP contribution in [0, 0.1) is 0 Å². The van der Waals surface area contributed by atoms with Crippen LogP contribution in [0.1, 0.15) is 26.2 Å². The van der Waals surface area contributed by atoms with E-state index in [0.29, 0.717) is 6.61 Å². The highest BCUT2D eigenvalue weighted by atomic mass is 32.2. The average Bonchev–Trinajstić information content (AvgIpc) is 2.31. The molecule has 1 N–H and O–H groups in total. The highest BCUT2D eigenvalue weighted by Gasteiger charge is 2.19. The maximum atomic E-state index is 10.3. The molecule has 0 bridgehead atoms. The number of carboxylic acids is 1. The van der Waals surface area contributed by atoms with Crippen molar-refractivity contribution in [2.45, 2.75) is 32.3 Å². The first-order valence-corrected chi connectivity index (χ1v) is 7.51. The highest BCUT2D eigenvalue weighted by Crippen LogP contribution is 2.14. The number of nitrogens with zero attached hydrogens (tertiary/aromatic N) is 1. The van der Waals surface area contributed by atoms with Crippen LogP contribution in [0.3, 0.4) is 0 Å². The molecule has 1 aliphatic rings. The van der Waals surface area contributed by atoms with Crippen molar-refractivity contribution in [1.29, 1.82) is 0 Å². The Morgan fingerprint density at radius 2 is 2.18 bits per heavy atom. The molecule has 0 atom stereocenters. The Balaban J connectivity index is 2.03. The molecule has 0 saturated carbocycles. The minimum Gasteiger partial charge on any atom is -0.481 e. The molecular formula is C12H23NO3S. The largest absolute Gasteiger partial charge is 0.481 e. The molecule has 0 radical (unpaired) electrons. The van der Waals surface area contributed by atoms with E-state index in [4.69, 9.17) is 9.84 Å². The van der Waals surface area contributed by atoms with Crippen LogP contribution in [0.2, 0.25) is 0 Å². The summed E-state index contributed by atoms with van der Waals surface area (Å²) in [4.78, 5) is 12.8. The number of carboxylic acid groups (broad SMARTS) is 1. The molecule has 1 aliphatic heterocycles. The first-order valence-electron chi connectivity index (χ1n) is 6.36. The summed E-state index contributed by atoms with van der Waals surface area (Å²) >= 11 is 1.98. The zero-order chi connectivity index (χ0) is 12.5. The second kappa shape index (κ2) is 8.78. The Morgan fingerprint density at radius 1 is 1.47 bits per heavy atom. The minimum absolute atomic E-state index is 0.118. The normalized spacial score (nSPS) is 18.4. The molecule has 1 heterocycles. The Morgan fingerprint density at radius 3 is 2.76 bits per heavy atom. The van der Waals surface area contributed by atoms with Crippen LogP contribution in [0.15, 0.2) is 0 Å². The third-order valence-electron chi connectivity index (χ3n) is 2.96. The number of hydrogen-bond donors (Lipinski definition) is 1. The van der Waals surface area contributed by atoms with Gasteiger partial charge < -0.3 is 14.7 Å². The van der Waals surface area contributed by atoms with Crippen LogP contribution < -0.4 is 0 Å². The van der Waals surface area contributed by atoms with E-state index < -0.39 is 5.97 Å². The van der Waals surface area contributed by atoms with Crippen molar-refractivity contribution in [3.05, 3.63) is 0 Å². The van der Waals surface area contributed by atoms with Crippen LogP contribution in [0.25, 0.3) is 0 Å². The van der Waals surface area contributed by atoms with Gasteiger partial charge in [-0.2, -0.15) is 11.8 Å². The number of hydrogen-bond acceptors (Lipinski definition) is 4. The van der Waals surface area contributed by atoms with Gasteiger partial charge in [-0.3, -0.25) is 4.79 Å². The monoisotopic (exact) mass is 261 g/mol. The van der Waals surface area contributed by atoms with Crippen molar-refractivity contribution in [1.82, 2.24) is 4.90 Å². The first kappa shape index (κ1) is 14.8. The van der Waals surface area contributed by atoms with E-state index in [9.17, 15) is 4.79 Å². The van der Waals surface area contributed by atoms with Crippen LogP contribution in [-0.2, 0) is 9.53 Å². The number of rotatable bonds is 8. The minimum atomic E-state index is -0.779. The Labute approximate surface area is 108 Å². The van der Waals surface area contributed by atoms with E-state index in [1.54, 1.807) is 0 Å². The molecule has 0 amide bonds. The van der Waals surface area contributed by atoms with Crippen molar-refractivity contribution in [2.75, 3.05) is 37.7 Å². The second-order valence-corrected chi connectivity index (χ2v) is 5.65. The van der Waals surface area contributed by atoms with Gasteiger partial charge in [0.15, 0.2) is 0 Å². The van der Waals surface area contributed by atoms with Gasteiger partial charge in [-0.25, -0.2) is 0 Å². The lowest BCUT2D eigenvalue weighted by molar-refractivity contribution is -0.138. The first-order chi connectivity index (χ1) is 8.22. The number of likely N-dealkylation sites (tertiary alicyclic amines) is 1. The molecular weight excluding hydrogens is 238 g/mol. The summed E-state index contributed by atoms with van der Waals surface area (Å²) in [5.41, 5.74) is 0. The van der Waals surface area contributed by atoms with Crippen LogP contribution in [-0.4, -0.2) is 59.8 Å². The van der Waals surface area contributed by atoms with E-state index >= 15 is 0 Å². The number of carbonyl (C=O) groups is 1. The molecule has 0 aromatic carbocycles. The van der Waals surface area contributed by atoms with Gasteiger partial charge in [-0.15, -0.1) is 0 Å². The van der Waals surface area contributed by atoms with Gasteiger partial charge in [0.05, 0.1) is 19.1 Å². The molecule has 0 unspecified atom stereocenters. The molecule has 1 rings (SSSR count). The van der Waals surface area contributed by atoms with E-state index in [0.717, 1.165) is 25.9 Å². The number of thioether (sulfide) groups is 1. The van der Waals surface area contributed by atoms with Crippen molar-refractivity contribution >= 4 is 17.7 Å². The Hall–Kier alpha value is -0.260. The molecule has 100 valence electrons. The van der Waals surface area contributed by atoms with Crippen molar-refractivity contribution in [3.8, 4) is 0 Å². The maximum absolute atomic E-state index is 10.3. The average molecular weight is 261 g/mol. The maximum Gasteiger partial charge on any atom is 0.305 e. The van der Waals surface area contributed by atoms with Crippen molar-refractivity contribution in [2.24, 2.45) is 0 Å². The highest BCUT2D eigenvalue weighted by molar-refractivity contribution is 7.99. The molecule has 0 spiro atoms. The Kier molecular flexibility index (Phi) is 7.64. The number of piperidine rings is 1. The van der Waals surface area contributed by atoms with Gasteiger partial charge >= 0.3 is 5.97 Å². The predicted molar refractivity (Wildman–Crippen MR) is 70.7 cm³/mol. The summed E-state index contributed by atoms with van der Waals surface area (Å²) in [6, 6.07) is 0. The standard InChI is InChI=1S/C12H23NO3S/c1-2-17-10-8-13-6-3-11(4-7-13)16-9-5-12(14)15/h11H,2-10H2,1H3,(H,14,15). The quantitative estimate of drug-likeness (QED) is 0.674. The molecule has 0 aromatic heterocycles. The van der Waals surface area contributed by atoms with Crippen LogP contribution in [0.4, 0.5) is 0 Å². The van der Waals surface area contributed by atoms with E-state index in [-0.39, 0.29) is 12.5 Å². The molecule has 1 fully saturated rings. The van der Waals surface area contributed by atoms with Crippen LogP contribution >= 0.6 is 11.8 Å². The third kappa shape index (κ3) is 6.91. The number of aliphatic carboxylic acids is 1. The second-order valence-electron chi connectivity index (χ2n) is 4.25. The van der Waals surface area contributed by atoms with Gasteiger partial charge in [-0.1, -0.05) is 6.92 Å². The van der Waals surface area contributed by atoms with Crippen molar-refractivity contribution < 1.29 is 14.6 Å². The molecule has 0 aliphatic carbocycles. The fourth-order valence-electron chi connectivity index (χ4n) is 1.95. The molecule has 17 heavy (non-hydrogen) atoms. The zero-order valence-corrected chi connectivity index (χ0v) is 11.4. The SMILES string of the molecule is CCSCCN1CCC(OCCC(=O)O)CC1. The summed E-state index contributed by atoms with van der Waals surface area (Å²) in [6.07, 6.45) is 2.46. The van der Waals surface area contributed by atoms with Crippen LogP contribution in [0.5, 0.6) is 0 Å². The Bertz CT molecular complexity index is 218. The summed E-state index contributed by atoms with van der Waals surface area (Å²) in [7, 11) is 0. The van der Waals surface area contributed by atoms with E-state index in [1.807, 2.05) is 11.8 Å². The summed E-state index contributed by atoms with van der Waals surface area (Å²) in [6.45, 7) is 5.88. The molecule has 4 nitrogen and oxygen atoms in total. The lowest BCUT2D eigenvalue weighted by atomic mass is 10.1. The third-order valence-corrected chi connectivity index (χ3v) is 3.84. The zero-order valence-electron chi connectivity index (χ0n) is 10.6. The van der Waals surface area contributed by atoms with Crippen molar-refractivity contribution in [3.63, 3.8) is 0 Å². The lowest BCUT2D eigenvalue weighted by Gasteiger charge is -2.31. The fraction of sp³-hybridized carbons (Fsp3) is 0.917. The topological polar surface area (TPSA) is 49.8 Å². The smallest absolute Gasteiger partial charge is 0.305 e. The van der Waals surface area contributed by atoms with Gasteiger partial charge in [0.2, 0.25) is 0 Å². The summed E-state index contributed by atoms with van der Waals surface area (Å²) in [5, 5.41) is 8.51. The predicted octanol–water partition coefficient (Wildman–Crippen LogP) is 1.70. The molecule has 5 heteroatoms. The number of ether oxygens (including phenoxy) is 1. The fourth-order valence-corrected chi connectivity index (χ4v) is 2.63.